The highest BCUT2D eigenvalue weighted by molar-refractivity contribution is 5.90. The van der Waals surface area contributed by atoms with Gasteiger partial charge in [-0.2, -0.15) is 0 Å². The van der Waals surface area contributed by atoms with Gasteiger partial charge in [-0.25, -0.2) is 0 Å². The van der Waals surface area contributed by atoms with E-state index in [1.807, 2.05) is 44.2 Å². The van der Waals surface area contributed by atoms with Gasteiger partial charge in [0.1, 0.15) is 17.6 Å². The van der Waals surface area contributed by atoms with Crippen molar-refractivity contribution < 1.29 is 18.7 Å². The van der Waals surface area contributed by atoms with E-state index < -0.39 is 0 Å². The highest BCUT2D eigenvalue weighted by Gasteiger charge is 2.36. The molecule has 178 valence electrons. The van der Waals surface area contributed by atoms with Gasteiger partial charge in [0, 0.05) is 23.2 Å². The fraction of sp³-hybridized carbons (Fsp3) is 0.423. The predicted molar refractivity (Wildman–Crippen MR) is 127 cm³/mol. The zero-order valence-electron chi connectivity index (χ0n) is 19.9. The number of aryl methyl sites for hydroxylation is 1. The summed E-state index contributed by atoms with van der Waals surface area (Å²) >= 11 is 0. The fourth-order valence-electron chi connectivity index (χ4n) is 4.56. The molecule has 8 heteroatoms. The molecule has 0 atom stereocenters. The molecule has 0 aliphatic carbocycles. The van der Waals surface area contributed by atoms with E-state index in [1.54, 1.807) is 12.0 Å². The van der Waals surface area contributed by atoms with Crippen LogP contribution in [-0.4, -0.2) is 65.3 Å². The maximum atomic E-state index is 12.7. The molecule has 3 heterocycles. The first-order valence-electron chi connectivity index (χ1n) is 11.8. The van der Waals surface area contributed by atoms with Crippen LogP contribution in [0.4, 0.5) is 0 Å². The number of benzene rings is 2. The summed E-state index contributed by atoms with van der Waals surface area (Å²) in [6.07, 6.45) is 2.43. The lowest BCUT2D eigenvalue weighted by atomic mass is 10.1. The minimum atomic E-state index is -0.277. The summed E-state index contributed by atoms with van der Waals surface area (Å²) in [6, 6.07) is 11.8. The van der Waals surface area contributed by atoms with E-state index in [2.05, 4.69) is 21.2 Å². The third-order valence-electron chi connectivity index (χ3n) is 6.57. The summed E-state index contributed by atoms with van der Waals surface area (Å²) in [5, 5.41) is 7.97. The quantitative estimate of drug-likeness (QED) is 0.527. The normalized spacial score (nSPS) is 16.5. The Bertz CT molecular complexity index is 1160. The standard InChI is InChI=1S/C26H30N4O4/c1-17-6-8-19(9-7-17)24-27-28-25(34-24)26(31)30-15-21(16-30)33-22-11-10-20(23(32-3)18(22)2)14-29-12-4-5-13-29/h6-11,21H,4-5,12-16H2,1-3H3. The Morgan fingerprint density at radius 2 is 1.79 bits per heavy atom. The lowest BCUT2D eigenvalue weighted by molar-refractivity contribution is 0.0146. The van der Waals surface area contributed by atoms with Gasteiger partial charge in [-0.05, 0) is 58.0 Å². The van der Waals surface area contributed by atoms with Gasteiger partial charge < -0.3 is 18.8 Å². The van der Waals surface area contributed by atoms with Crippen LogP contribution in [0.25, 0.3) is 11.5 Å². The van der Waals surface area contributed by atoms with Crippen molar-refractivity contribution in [1.82, 2.24) is 20.0 Å². The molecule has 8 nitrogen and oxygen atoms in total. The summed E-state index contributed by atoms with van der Waals surface area (Å²) in [5.41, 5.74) is 4.10. The second-order valence-corrected chi connectivity index (χ2v) is 9.09. The number of ether oxygens (including phenoxy) is 2. The molecular formula is C26H30N4O4. The predicted octanol–water partition coefficient (Wildman–Crippen LogP) is 3.86. The highest BCUT2D eigenvalue weighted by Crippen LogP contribution is 2.34. The van der Waals surface area contributed by atoms with Gasteiger partial charge in [0.15, 0.2) is 0 Å². The number of aromatic nitrogens is 2. The minimum absolute atomic E-state index is 0.00172. The zero-order chi connectivity index (χ0) is 23.7. The zero-order valence-corrected chi connectivity index (χ0v) is 19.9. The van der Waals surface area contributed by atoms with Crippen LogP contribution in [0, 0.1) is 13.8 Å². The molecule has 0 saturated carbocycles. The van der Waals surface area contributed by atoms with Crippen LogP contribution in [0.15, 0.2) is 40.8 Å². The van der Waals surface area contributed by atoms with Crippen molar-refractivity contribution in [3.8, 4) is 23.0 Å². The van der Waals surface area contributed by atoms with E-state index in [0.29, 0.717) is 19.0 Å². The number of rotatable bonds is 7. The largest absolute Gasteiger partial charge is 0.496 e. The Labute approximate surface area is 199 Å². The van der Waals surface area contributed by atoms with Crippen LogP contribution in [0.1, 0.15) is 40.2 Å². The molecule has 2 saturated heterocycles. The number of nitrogens with zero attached hydrogens (tertiary/aromatic N) is 4. The first kappa shape index (κ1) is 22.4. The number of hydrogen-bond donors (Lipinski definition) is 0. The number of methoxy groups -OCH3 is 1. The maximum absolute atomic E-state index is 12.7. The molecule has 1 aromatic heterocycles. The van der Waals surface area contributed by atoms with Crippen LogP contribution in [0.2, 0.25) is 0 Å². The SMILES string of the molecule is COc1c(CN2CCCC2)ccc(OC2CN(C(=O)c3nnc(-c4ccc(C)cc4)o3)C2)c1C. The van der Waals surface area contributed by atoms with E-state index in [-0.39, 0.29) is 17.9 Å². The maximum Gasteiger partial charge on any atom is 0.311 e. The summed E-state index contributed by atoms with van der Waals surface area (Å²) in [4.78, 5) is 16.9. The Morgan fingerprint density at radius 3 is 2.50 bits per heavy atom. The molecule has 2 aliphatic heterocycles. The fourth-order valence-corrected chi connectivity index (χ4v) is 4.56. The van der Waals surface area contributed by atoms with Crippen LogP contribution in [0.5, 0.6) is 11.5 Å². The van der Waals surface area contributed by atoms with Gasteiger partial charge in [0.25, 0.3) is 0 Å². The average Bonchev–Trinajstić information content (AvgIpc) is 3.50. The van der Waals surface area contributed by atoms with Crippen molar-refractivity contribution in [2.45, 2.75) is 39.3 Å². The van der Waals surface area contributed by atoms with Crippen molar-refractivity contribution in [3.05, 3.63) is 59.0 Å². The van der Waals surface area contributed by atoms with E-state index in [1.165, 1.54) is 18.4 Å². The Balaban J connectivity index is 1.19. The van der Waals surface area contributed by atoms with Gasteiger partial charge in [-0.1, -0.05) is 23.8 Å². The van der Waals surface area contributed by atoms with E-state index >= 15 is 0 Å². The number of carbonyl (C=O) groups excluding carboxylic acids is 1. The molecule has 0 unspecified atom stereocenters. The van der Waals surface area contributed by atoms with E-state index in [4.69, 9.17) is 13.9 Å². The average molecular weight is 463 g/mol. The molecule has 0 radical (unpaired) electrons. The van der Waals surface area contributed by atoms with Gasteiger partial charge in [0.2, 0.25) is 5.89 Å². The molecule has 1 amide bonds. The van der Waals surface area contributed by atoms with Crippen molar-refractivity contribution in [1.29, 1.82) is 0 Å². The first-order valence-corrected chi connectivity index (χ1v) is 11.8. The molecule has 2 fully saturated rings. The monoisotopic (exact) mass is 462 g/mol. The third-order valence-corrected chi connectivity index (χ3v) is 6.57. The van der Waals surface area contributed by atoms with Crippen LogP contribution < -0.4 is 9.47 Å². The van der Waals surface area contributed by atoms with Crippen molar-refractivity contribution >= 4 is 5.91 Å². The second-order valence-electron chi connectivity index (χ2n) is 9.09. The summed E-state index contributed by atoms with van der Waals surface area (Å²) < 4.78 is 17.5. The molecule has 34 heavy (non-hydrogen) atoms. The summed E-state index contributed by atoms with van der Waals surface area (Å²) in [5.74, 6) is 1.73. The Hall–Kier alpha value is -3.39. The first-order chi connectivity index (χ1) is 16.5. The molecule has 0 bridgehead atoms. The van der Waals surface area contributed by atoms with Gasteiger partial charge in [-0.15, -0.1) is 10.2 Å². The topological polar surface area (TPSA) is 80.9 Å². The van der Waals surface area contributed by atoms with Gasteiger partial charge in [-0.3, -0.25) is 9.69 Å². The molecule has 3 aromatic rings. The smallest absolute Gasteiger partial charge is 0.311 e. The van der Waals surface area contributed by atoms with Crippen LogP contribution >= 0.6 is 0 Å². The van der Waals surface area contributed by atoms with E-state index in [0.717, 1.165) is 47.8 Å². The van der Waals surface area contributed by atoms with Crippen molar-refractivity contribution in [2.75, 3.05) is 33.3 Å². The Kier molecular flexibility index (Phi) is 6.24. The van der Waals surface area contributed by atoms with Gasteiger partial charge >= 0.3 is 11.8 Å². The molecule has 2 aliphatic rings. The van der Waals surface area contributed by atoms with Gasteiger partial charge in [0.05, 0.1) is 20.2 Å². The molecular weight excluding hydrogens is 432 g/mol. The Morgan fingerprint density at radius 1 is 1.06 bits per heavy atom. The molecule has 0 N–H and O–H groups in total. The highest BCUT2D eigenvalue weighted by atomic mass is 16.5. The third kappa shape index (κ3) is 4.50. The second kappa shape index (κ2) is 9.46. The van der Waals surface area contributed by atoms with E-state index in [9.17, 15) is 4.79 Å². The lowest BCUT2D eigenvalue weighted by Crippen LogP contribution is -2.56. The lowest BCUT2D eigenvalue weighted by Gasteiger charge is -2.38. The van der Waals surface area contributed by atoms with Crippen molar-refractivity contribution in [3.63, 3.8) is 0 Å². The van der Waals surface area contributed by atoms with Crippen molar-refractivity contribution in [2.24, 2.45) is 0 Å². The van der Waals surface area contributed by atoms with Crippen LogP contribution in [0.3, 0.4) is 0 Å². The number of amides is 1. The number of likely N-dealkylation sites (tertiary alicyclic amines) is 2. The molecule has 0 spiro atoms. The minimum Gasteiger partial charge on any atom is -0.496 e. The molecule has 5 rings (SSSR count). The summed E-state index contributed by atoms with van der Waals surface area (Å²) in [7, 11) is 1.71. The number of carbonyl (C=O) groups is 1. The summed E-state index contributed by atoms with van der Waals surface area (Å²) in [6.45, 7) is 8.14. The van der Waals surface area contributed by atoms with Crippen LogP contribution in [-0.2, 0) is 6.54 Å². The molecule has 2 aromatic carbocycles. The number of hydrogen-bond acceptors (Lipinski definition) is 7.